The summed E-state index contributed by atoms with van der Waals surface area (Å²) in [6, 6.07) is 7.31. The molecule has 5 rings (SSSR count). The van der Waals surface area contributed by atoms with E-state index in [9.17, 15) is 9.59 Å². The van der Waals surface area contributed by atoms with Crippen LogP contribution in [0.1, 0.15) is 23.7 Å². The van der Waals surface area contributed by atoms with Crippen LogP contribution < -0.4 is 9.47 Å². The van der Waals surface area contributed by atoms with E-state index in [0.29, 0.717) is 17.9 Å². The van der Waals surface area contributed by atoms with Crippen LogP contribution in [0.3, 0.4) is 0 Å². The van der Waals surface area contributed by atoms with Crippen molar-refractivity contribution >= 4 is 11.8 Å². The molecular weight excluding hydrogens is 346 g/mol. The van der Waals surface area contributed by atoms with E-state index in [4.69, 9.17) is 9.47 Å². The Hall–Kier alpha value is -2.96. The molecule has 0 aliphatic carbocycles. The topological polar surface area (TPSA) is 64.0 Å². The van der Waals surface area contributed by atoms with Gasteiger partial charge in [-0.2, -0.15) is 0 Å². The van der Waals surface area contributed by atoms with Gasteiger partial charge in [0.15, 0.2) is 11.5 Å². The minimum atomic E-state index is -0.772. The molecule has 2 atom stereocenters. The first-order valence-electron chi connectivity index (χ1n) is 9.03. The molecule has 0 spiro atoms. The van der Waals surface area contributed by atoms with Crippen molar-refractivity contribution in [3.8, 4) is 11.5 Å². The van der Waals surface area contributed by atoms with E-state index < -0.39 is 11.6 Å². The summed E-state index contributed by atoms with van der Waals surface area (Å²) in [5, 5.41) is 0. The zero-order valence-corrected chi connectivity index (χ0v) is 15.6. The number of aryl methyl sites for hydroxylation is 1. The minimum absolute atomic E-state index is 0.0175. The summed E-state index contributed by atoms with van der Waals surface area (Å²) in [7, 11) is 3.67. The van der Waals surface area contributed by atoms with E-state index in [1.54, 1.807) is 11.9 Å². The molecule has 7 nitrogen and oxygen atoms in total. The van der Waals surface area contributed by atoms with Crippen molar-refractivity contribution in [1.82, 2.24) is 14.4 Å². The Morgan fingerprint density at radius 1 is 1.11 bits per heavy atom. The Labute approximate surface area is 157 Å². The number of hydrogen-bond acceptors (Lipinski definition) is 4. The minimum Gasteiger partial charge on any atom is -0.454 e. The molecule has 0 bridgehead atoms. The highest BCUT2D eigenvalue weighted by Gasteiger charge is 2.53. The van der Waals surface area contributed by atoms with Gasteiger partial charge in [-0.3, -0.25) is 9.59 Å². The number of amides is 2. The first-order chi connectivity index (χ1) is 12.9. The van der Waals surface area contributed by atoms with Gasteiger partial charge >= 0.3 is 0 Å². The Kier molecular flexibility index (Phi) is 3.17. The summed E-state index contributed by atoms with van der Waals surface area (Å²) in [6.45, 7) is 2.31. The third-order valence-corrected chi connectivity index (χ3v) is 6.06. The molecule has 7 heteroatoms. The molecule has 1 aromatic carbocycles. The summed E-state index contributed by atoms with van der Waals surface area (Å²) in [6.07, 6.45) is 2.53. The van der Waals surface area contributed by atoms with Gasteiger partial charge < -0.3 is 23.8 Å². The van der Waals surface area contributed by atoms with Crippen LogP contribution in [0, 0.1) is 0 Å². The quantitative estimate of drug-likeness (QED) is 0.761. The molecule has 140 valence electrons. The maximum atomic E-state index is 13.1. The molecule has 1 fully saturated rings. The van der Waals surface area contributed by atoms with E-state index in [1.807, 2.05) is 49.0 Å². The molecule has 0 unspecified atom stereocenters. The zero-order chi connectivity index (χ0) is 18.9. The second kappa shape index (κ2) is 5.28. The molecule has 27 heavy (non-hydrogen) atoms. The van der Waals surface area contributed by atoms with Crippen LogP contribution in [0.2, 0.25) is 0 Å². The van der Waals surface area contributed by atoms with Crippen LogP contribution in [-0.2, 0) is 28.6 Å². The maximum Gasteiger partial charge on any atom is 0.245 e. The molecule has 3 aliphatic heterocycles. The summed E-state index contributed by atoms with van der Waals surface area (Å²) in [5.41, 5.74) is 2.26. The van der Waals surface area contributed by atoms with E-state index in [0.717, 1.165) is 16.8 Å². The lowest BCUT2D eigenvalue weighted by atomic mass is 9.77. The predicted octanol–water partition coefficient (Wildman–Crippen LogP) is 1.24. The van der Waals surface area contributed by atoms with Gasteiger partial charge in [0.05, 0.1) is 12.2 Å². The van der Waals surface area contributed by atoms with Crippen molar-refractivity contribution in [3.05, 3.63) is 47.3 Å². The number of carbonyl (C=O) groups is 2. The Morgan fingerprint density at radius 2 is 1.89 bits per heavy atom. The highest BCUT2D eigenvalue weighted by atomic mass is 16.7. The number of rotatable bonds is 1. The number of piperazine rings is 1. The van der Waals surface area contributed by atoms with E-state index in [-0.39, 0.29) is 25.2 Å². The fraction of sp³-hybridized carbons (Fsp3) is 0.400. The number of ether oxygens (including phenoxy) is 2. The van der Waals surface area contributed by atoms with Crippen molar-refractivity contribution in [2.45, 2.75) is 24.9 Å². The molecule has 2 amide bonds. The molecule has 0 saturated carbocycles. The first kappa shape index (κ1) is 16.2. The third kappa shape index (κ3) is 2.02. The zero-order valence-electron chi connectivity index (χ0n) is 15.6. The number of carbonyl (C=O) groups excluding carboxylic acids is 2. The number of aromatic nitrogens is 1. The number of nitrogens with zero attached hydrogens (tertiary/aromatic N) is 3. The van der Waals surface area contributed by atoms with Crippen LogP contribution >= 0.6 is 0 Å². The average molecular weight is 367 g/mol. The lowest BCUT2D eigenvalue weighted by molar-refractivity contribution is -0.161. The Balaban J connectivity index is 1.75. The number of benzene rings is 1. The molecule has 1 aromatic heterocycles. The second-order valence-corrected chi connectivity index (χ2v) is 7.62. The van der Waals surface area contributed by atoms with Gasteiger partial charge in [0.1, 0.15) is 11.6 Å². The fourth-order valence-corrected chi connectivity index (χ4v) is 4.84. The molecule has 3 aliphatic rings. The first-order valence-corrected chi connectivity index (χ1v) is 9.03. The van der Waals surface area contributed by atoms with Crippen LogP contribution in [-0.4, -0.2) is 52.6 Å². The number of fused-ring (bicyclic) bond motifs is 3. The Bertz CT molecular complexity index is 982. The summed E-state index contributed by atoms with van der Waals surface area (Å²) >= 11 is 0. The van der Waals surface area contributed by atoms with Gasteiger partial charge in [0.25, 0.3) is 0 Å². The van der Waals surface area contributed by atoms with Crippen molar-refractivity contribution in [2.24, 2.45) is 7.05 Å². The predicted molar refractivity (Wildman–Crippen MR) is 96.4 cm³/mol. The second-order valence-electron chi connectivity index (χ2n) is 7.62. The summed E-state index contributed by atoms with van der Waals surface area (Å²) in [5.74, 6) is 1.30. The fourth-order valence-electron chi connectivity index (χ4n) is 4.84. The molecule has 1 saturated heterocycles. The van der Waals surface area contributed by atoms with Gasteiger partial charge in [0.2, 0.25) is 18.6 Å². The number of likely N-dealkylation sites (N-methyl/N-ethyl adjacent to an activating group) is 1. The van der Waals surface area contributed by atoms with Crippen LogP contribution in [0.5, 0.6) is 11.5 Å². The summed E-state index contributed by atoms with van der Waals surface area (Å²) < 4.78 is 13.1. The monoisotopic (exact) mass is 367 g/mol. The molecular formula is C20H21N3O4. The van der Waals surface area contributed by atoms with E-state index >= 15 is 0 Å². The van der Waals surface area contributed by atoms with E-state index in [2.05, 4.69) is 0 Å². The smallest absolute Gasteiger partial charge is 0.245 e. The standard InChI is InChI=1S/C20H21N3O4/c1-20(13-4-5-15-16(9-13)27-11-26-15)18-12(6-7-21(18)2)8-14-19(25)22(3)10-17(24)23(14)20/h4-7,9,14H,8,10-11H2,1-3H3/t14-,20-/m1/s1. The Morgan fingerprint density at radius 3 is 2.70 bits per heavy atom. The average Bonchev–Trinajstić information content (AvgIpc) is 3.25. The maximum absolute atomic E-state index is 13.1. The molecule has 0 radical (unpaired) electrons. The largest absolute Gasteiger partial charge is 0.454 e. The van der Waals surface area contributed by atoms with Crippen molar-refractivity contribution in [2.75, 3.05) is 20.4 Å². The normalized spacial score (nSPS) is 26.3. The third-order valence-electron chi connectivity index (χ3n) is 6.06. The van der Waals surface area contributed by atoms with Crippen LogP contribution in [0.25, 0.3) is 0 Å². The van der Waals surface area contributed by atoms with Gasteiger partial charge in [-0.15, -0.1) is 0 Å². The van der Waals surface area contributed by atoms with Gasteiger partial charge in [-0.1, -0.05) is 6.07 Å². The molecule has 2 aromatic rings. The highest BCUT2D eigenvalue weighted by Crippen LogP contribution is 2.47. The molecule has 0 N–H and O–H groups in total. The number of hydrogen-bond donors (Lipinski definition) is 0. The lowest BCUT2D eigenvalue weighted by Gasteiger charge is -2.52. The van der Waals surface area contributed by atoms with E-state index in [1.165, 1.54) is 4.90 Å². The lowest BCUT2D eigenvalue weighted by Crippen LogP contribution is -2.67. The van der Waals surface area contributed by atoms with Gasteiger partial charge in [-0.25, -0.2) is 0 Å². The van der Waals surface area contributed by atoms with Crippen LogP contribution in [0.4, 0.5) is 0 Å². The van der Waals surface area contributed by atoms with Gasteiger partial charge in [-0.05, 0) is 36.2 Å². The highest BCUT2D eigenvalue weighted by molar-refractivity contribution is 5.96. The SMILES string of the molecule is CN1CC(=O)N2[C@H](Cc3ccn(C)c3[C@@]2(C)c2ccc3c(c2)OCO3)C1=O. The van der Waals surface area contributed by atoms with Crippen molar-refractivity contribution in [3.63, 3.8) is 0 Å². The van der Waals surface area contributed by atoms with Crippen molar-refractivity contribution in [1.29, 1.82) is 0 Å². The molecule has 4 heterocycles. The van der Waals surface area contributed by atoms with Gasteiger partial charge in [0, 0.05) is 26.7 Å². The van der Waals surface area contributed by atoms with Crippen LogP contribution in [0.15, 0.2) is 30.5 Å². The van der Waals surface area contributed by atoms with Crippen molar-refractivity contribution < 1.29 is 19.1 Å². The summed E-state index contributed by atoms with van der Waals surface area (Å²) in [4.78, 5) is 29.3.